The number of carbonyl (C=O) groups excluding carboxylic acids is 1. The van der Waals surface area contributed by atoms with E-state index >= 15 is 0 Å². The van der Waals surface area contributed by atoms with Crippen molar-refractivity contribution in [1.29, 1.82) is 0 Å². The third-order valence-electron chi connectivity index (χ3n) is 5.15. The number of ether oxygens (including phenoxy) is 1. The van der Waals surface area contributed by atoms with Gasteiger partial charge >= 0.3 is 0 Å². The summed E-state index contributed by atoms with van der Waals surface area (Å²) in [5.41, 5.74) is 2.05. The van der Waals surface area contributed by atoms with Crippen molar-refractivity contribution in [3.05, 3.63) is 53.2 Å². The summed E-state index contributed by atoms with van der Waals surface area (Å²) < 4.78 is 7.56. The van der Waals surface area contributed by atoms with Gasteiger partial charge in [-0.15, -0.1) is 0 Å². The monoisotopic (exact) mass is 383 g/mol. The molecule has 1 amide bonds. The van der Waals surface area contributed by atoms with Crippen LogP contribution in [-0.2, 0) is 0 Å². The van der Waals surface area contributed by atoms with Gasteiger partial charge < -0.3 is 10.1 Å². The van der Waals surface area contributed by atoms with Crippen LogP contribution in [0.2, 0.25) is 5.02 Å². The maximum absolute atomic E-state index is 12.6. The number of nitrogens with zero attached hydrogens (tertiary/aromatic N) is 2. The Labute approximate surface area is 163 Å². The lowest BCUT2D eigenvalue weighted by Gasteiger charge is -2.21. The number of halogens is 1. The molecular formula is C21H22ClN3O2. The standard InChI is InChI=1S/C21H22ClN3O2/c1-27-20-12-18-15(13-25(24-18)17-5-3-2-4-6-17)11-19(20)23-21(26)14-7-9-16(22)10-8-14/h7-13,17H,2-6H2,1H3,(H,23,26). The molecule has 140 valence electrons. The molecule has 1 aromatic heterocycles. The van der Waals surface area contributed by atoms with Gasteiger partial charge in [-0.2, -0.15) is 5.10 Å². The average molecular weight is 384 g/mol. The second kappa shape index (κ2) is 7.61. The molecule has 0 aliphatic heterocycles. The van der Waals surface area contributed by atoms with Crippen LogP contribution in [0.3, 0.4) is 0 Å². The minimum atomic E-state index is -0.205. The Hall–Kier alpha value is -2.53. The van der Waals surface area contributed by atoms with Crippen LogP contribution < -0.4 is 10.1 Å². The lowest BCUT2D eigenvalue weighted by atomic mass is 9.96. The second-order valence-electron chi connectivity index (χ2n) is 6.97. The van der Waals surface area contributed by atoms with Crippen molar-refractivity contribution >= 4 is 34.1 Å². The van der Waals surface area contributed by atoms with Gasteiger partial charge in [0.1, 0.15) is 5.75 Å². The van der Waals surface area contributed by atoms with Crippen molar-refractivity contribution in [1.82, 2.24) is 9.78 Å². The zero-order valence-corrected chi connectivity index (χ0v) is 16.0. The van der Waals surface area contributed by atoms with Gasteiger partial charge in [-0.05, 0) is 43.2 Å². The number of fused-ring (bicyclic) bond motifs is 1. The van der Waals surface area contributed by atoms with Crippen LogP contribution in [-0.4, -0.2) is 22.8 Å². The van der Waals surface area contributed by atoms with Gasteiger partial charge in [-0.3, -0.25) is 9.48 Å². The Morgan fingerprint density at radius 2 is 1.93 bits per heavy atom. The number of benzene rings is 2. The third kappa shape index (κ3) is 3.78. The van der Waals surface area contributed by atoms with E-state index in [9.17, 15) is 4.79 Å². The molecule has 27 heavy (non-hydrogen) atoms. The lowest BCUT2D eigenvalue weighted by molar-refractivity contribution is 0.102. The van der Waals surface area contributed by atoms with E-state index in [1.54, 1.807) is 31.4 Å². The fraction of sp³-hybridized carbons (Fsp3) is 0.333. The van der Waals surface area contributed by atoms with Crippen LogP contribution in [0.1, 0.15) is 48.5 Å². The Bertz CT molecular complexity index is 959. The van der Waals surface area contributed by atoms with Crippen LogP contribution in [0.25, 0.3) is 10.9 Å². The summed E-state index contributed by atoms with van der Waals surface area (Å²) in [6, 6.07) is 11.1. The van der Waals surface area contributed by atoms with E-state index in [0.717, 1.165) is 10.9 Å². The zero-order valence-electron chi connectivity index (χ0n) is 15.2. The fourth-order valence-electron chi connectivity index (χ4n) is 3.67. The topological polar surface area (TPSA) is 56.1 Å². The molecule has 0 radical (unpaired) electrons. The predicted octanol–water partition coefficient (Wildman–Crippen LogP) is 5.46. The summed E-state index contributed by atoms with van der Waals surface area (Å²) in [4.78, 5) is 12.6. The number of rotatable bonds is 4. The maximum atomic E-state index is 12.6. The molecule has 1 N–H and O–H groups in total. The van der Waals surface area contributed by atoms with Crippen molar-refractivity contribution in [3.8, 4) is 5.75 Å². The van der Waals surface area contributed by atoms with E-state index in [4.69, 9.17) is 21.4 Å². The Balaban J connectivity index is 1.63. The van der Waals surface area contributed by atoms with Gasteiger partial charge in [-0.1, -0.05) is 30.9 Å². The Morgan fingerprint density at radius 3 is 2.63 bits per heavy atom. The lowest BCUT2D eigenvalue weighted by Crippen LogP contribution is -2.12. The van der Waals surface area contributed by atoms with E-state index in [1.165, 1.54) is 32.1 Å². The van der Waals surface area contributed by atoms with Crippen LogP contribution >= 0.6 is 11.6 Å². The predicted molar refractivity (Wildman–Crippen MR) is 108 cm³/mol. The molecule has 6 heteroatoms. The van der Waals surface area contributed by atoms with Crippen LogP contribution in [0.15, 0.2) is 42.6 Å². The minimum absolute atomic E-state index is 0.205. The van der Waals surface area contributed by atoms with Crippen molar-refractivity contribution in [2.45, 2.75) is 38.1 Å². The van der Waals surface area contributed by atoms with Gasteiger partial charge in [-0.25, -0.2) is 0 Å². The summed E-state index contributed by atoms with van der Waals surface area (Å²) in [6.45, 7) is 0. The average Bonchev–Trinajstić information content (AvgIpc) is 3.11. The molecule has 1 heterocycles. The highest BCUT2D eigenvalue weighted by molar-refractivity contribution is 6.30. The molecule has 0 saturated heterocycles. The highest BCUT2D eigenvalue weighted by atomic mass is 35.5. The largest absolute Gasteiger partial charge is 0.494 e. The first-order valence-electron chi connectivity index (χ1n) is 9.28. The van der Waals surface area contributed by atoms with Crippen molar-refractivity contribution in [3.63, 3.8) is 0 Å². The Kier molecular flexibility index (Phi) is 5.03. The van der Waals surface area contributed by atoms with E-state index in [0.29, 0.717) is 28.1 Å². The van der Waals surface area contributed by atoms with Gasteiger partial charge in [0.25, 0.3) is 5.91 Å². The molecule has 3 aromatic rings. The number of hydrogen-bond donors (Lipinski definition) is 1. The maximum Gasteiger partial charge on any atom is 0.255 e. The van der Waals surface area contributed by atoms with Crippen molar-refractivity contribution in [2.24, 2.45) is 0 Å². The van der Waals surface area contributed by atoms with Gasteiger partial charge in [0.05, 0.1) is 24.4 Å². The third-order valence-corrected chi connectivity index (χ3v) is 5.40. The van der Waals surface area contributed by atoms with Crippen molar-refractivity contribution in [2.75, 3.05) is 12.4 Å². The molecule has 4 rings (SSSR count). The number of hydrogen-bond acceptors (Lipinski definition) is 3. The number of amides is 1. The van der Waals surface area contributed by atoms with Crippen LogP contribution in [0, 0.1) is 0 Å². The number of methoxy groups -OCH3 is 1. The van der Waals surface area contributed by atoms with E-state index in [2.05, 4.69) is 16.2 Å². The molecule has 1 saturated carbocycles. The molecule has 1 fully saturated rings. The quantitative estimate of drug-likeness (QED) is 0.651. The number of anilines is 1. The second-order valence-corrected chi connectivity index (χ2v) is 7.41. The number of aromatic nitrogens is 2. The molecule has 2 aromatic carbocycles. The van der Waals surface area contributed by atoms with E-state index in [-0.39, 0.29) is 5.91 Å². The molecular weight excluding hydrogens is 362 g/mol. The molecule has 0 unspecified atom stereocenters. The van der Waals surface area contributed by atoms with Gasteiger partial charge in [0, 0.05) is 28.2 Å². The van der Waals surface area contributed by atoms with E-state index < -0.39 is 0 Å². The summed E-state index contributed by atoms with van der Waals surface area (Å²) in [5.74, 6) is 0.391. The first-order chi connectivity index (χ1) is 13.1. The highest BCUT2D eigenvalue weighted by Gasteiger charge is 2.18. The van der Waals surface area contributed by atoms with Crippen LogP contribution in [0.5, 0.6) is 5.75 Å². The highest BCUT2D eigenvalue weighted by Crippen LogP contribution is 2.33. The summed E-state index contributed by atoms with van der Waals surface area (Å²) in [5, 5.41) is 9.27. The van der Waals surface area contributed by atoms with E-state index in [1.807, 2.05) is 12.1 Å². The summed E-state index contributed by atoms with van der Waals surface area (Å²) in [7, 11) is 1.59. The number of carbonyl (C=O) groups is 1. The summed E-state index contributed by atoms with van der Waals surface area (Å²) >= 11 is 5.89. The zero-order chi connectivity index (χ0) is 18.8. The molecule has 5 nitrogen and oxygen atoms in total. The van der Waals surface area contributed by atoms with Crippen molar-refractivity contribution < 1.29 is 9.53 Å². The normalized spacial score (nSPS) is 15.0. The molecule has 0 spiro atoms. The van der Waals surface area contributed by atoms with Gasteiger partial charge in [0.2, 0.25) is 0 Å². The van der Waals surface area contributed by atoms with Crippen LogP contribution in [0.4, 0.5) is 5.69 Å². The summed E-state index contributed by atoms with van der Waals surface area (Å²) in [6.07, 6.45) is 8.24. The first-order valence-corrected chi connectivity index (χ1v) is 9.65. The molecule has 1 aliphatic rings. The molecule has 0 atom stereocenters. The number of nitrogens with one attached hydrogen (secondary N) is 1. The SMILES string of the molecule is COc1cc2nn(C3CCCCC3)cc2cc1NC(=O)c1ccc(Cl)cc1. The Morgan fingerprint density at radius 1 is 1.19 bits per heavy atom. The molecule has 1 aliphatic carbocycles. The van der Waals surface area contributed by atoms with Gasteiger partial charge in [0.15, 0.2) is 0 Å². The minimum Gasteiger partial charge on any atom is -0.494 e. The smallest absolute Gasteiger partial charge is 0.255 e. The fourth-order valence-corrected chi connectivity index (χ4v) is 3.79. The first kappa shape index (κ1) is 17.9. The molecule has 0 bridgehead atoms.